The highest BCUT2D eigenvalue weighted by molar-refractivity contribution is 6.12. The maximum atomic E-state index is 12.6. The zero-order valence-electron chi connectivity index (χ0n) is 10.9. The van der Waals surface area contributed by atoms with Crippen LogP contribution in [0.2, 0.25) is 0 Å². The normalized spacial score (nSPS) is 23.6. The lowest BCUT2D eigenvalue weighted by Crippen LogP contribution is -2.48. The molecular formula is C15H17NO3. The SMILES string of the molecule is CC1CCc2ccccc2N1C(=O)C1(C(=O)O)CC1. The van der Waals surface area contributed by atoms with Crippen molar-refractivity contribution in [3.8, 4) is 0 Å². The molecule has 1 N–H and O–H groups in total. The Hall–Kier alpha value is -1.84. The maximum absolute atomic E-state index is 12.6. The van der Waals surface area contributed by atoms with Crippen molar-refractivity contribution in [3.05, 3.63) is 29.8 Å². The van der Waals surface area contributed by atoms with Gasteiger partial charge in [-0.1, -0.05) is 18.2 Å². The van der Waals surface area contributed by atoms with Gasteiger partial charge in [-0.05, 0) is 44.2 Å². The number of carbonyl (C=O) groups excluding carboxylic acids is 1. The van der Waals surface area contributed by atoms with Crippen molar-refractivity contribution in [2.24, 2.45) is 5.41 Å². The highest BCUT2D eigenvalue weighted by atomic mass is 16.4. The lowest BCUT2D eigenvalue weighted by molar-refractivity contribution is -0.148. The van der Waals surface area contributed by atoms with E-state index in [1.807, 2.05) is 31.2 Å². The lowest BCUT2D eigenvalue weighted by Gasteiger charge is -2.36. The molecule has 1 saturated carbocycles. The second kappa shape index (κ2) is 4.08. The number of carboxylic acids is 1. The summed E-state index contributed by atoms with van der Waals surface area (Å²) in [7, 11) is 0. The first-order valence-electron chi connectivity index (χ1n) is 6.71. The van der Waals surface area contributed by atoms with Gasteiger partial charge in [0.1, 0.15) is 5.41 Å². The third kappa shape index (κ3) is 1.74. The molecule has 2 aliphatic rings. The average Bonchev–Trinajstić information content (AvgIpc) is 3.19. The molecule has 4 heteroatoms. The minimum atomic E-state index is -1.15. The molecule has 1 amide bonds. The third-order valence-corrected chi connectivity index (χ3v) is 4.31. The van der Waals surface area contributed by atoms with E-state index in [1.165, 1.54) is 0 Å². The van der Waals surface area contributed by atoms with Gasteiger partial charge in [0.25, 0.3) is 0 Å². The summed E-state index contributed by atoms with van der Waals surface area (Å²) in [6.45, 7) is 1.99. The van der Waals surface area contributed by atoms with Crippen molar-refractivity contribution >= 4 is 17.6 Å². The van der Waals surface area contributed by atoms with Gasteiger partial charge >= 0.3 is 5.97 Å². The Kier molecular flexibility index (Phi) is 2.62. The molecule has 1 aliphatic carbocycles. The van der Waals surface area contributed by atoms with Crippen molar-refractivity contribution in [2.45, 2.75) is 38.6 Å². The number of nitrogens with zero attached hydrogens (tertiary/aromatic N) is 1. The Morgan fingerprint density at radius 1 is 1.32 bits per heavy atom. The van der Waals surface area contributed by atoms with Gasteiger partial charge in [0.05, 0.1) is 0 Å². The summed E-state index contributed by atoms with van der Waals surface area (Å²) in [5.41, 5.74) is 0.868. The van der Waals surface area contributed by atoms with E-state index in [2.05, 4.69) is 0 Å². The molecule has 1 aliphatic heterocycles. The van der Waals surface area contributed by atoms with Crippen LogP contribution >= 0.6 is 0 Å². The van der Waals surface area contributed by atoms with Crippen molar-refractivity contribution < 1.29 is 14.7 Å². The number of carboxylic acid groups (broad SMARTS) is 1. The molecule has 3 rings (SSSR count). The molecular weight excluding hydrogens is 242 g/mol. The van der Waals surface area contributed by atoms with Crippen molar-refractivity contribution in [1.82, 2.24) is 0 Å². The average molecular weight is 259 g/mol. The van der Waals surface area contributed by atoms with Crippen LogP contribution in [0.15, 0.2) is 24.3 Å². The van der Waals surface area contributed by atoms with Crippen LogP contribution in [-0.2, 0) is 16.0 Å². The first-order valence-corrected chi connectivity index (χ1v) is 6.71. The highest BCUT2D eigenvalue weighted by Gasteiger charge is 2.59. The monoisotopic (exact) mass is 259 g/mol. The zero-order valence-corrected chi connectivity index (χ0v) is 10.9. The van der Waals surface area contributed by atoms with Crippen LogP contribution < -0.4 is 4.90 Å². The summed E-state index contributed by atoms with van der Waals surface area (Å²) in [6.07, 6.45) is 2.76. The minimum absolute atomic E-state index is 0.0687. The van der Waals surface area contributed by atoms with E-state index >= 15 is 0 Å². The van der Waals surface area contributed by atoms with Crippen LogP contribution in [0.3, 0.4) is 0 Å². The first-order chi connectivity index (χ1) is 9.06. The van der Waals surface area contributed by atoms with Gasteiger partial charge in [0.2, 0.25) is 5.91 Å². The molecule has 0 bridgehead atoms. The van der Waals surface area contributed by atoms with Gasteiger partial charge < -0.3 is 10.0 Å². The van der Waals surface area contributed by atoms with E-state index in [9.17, 15) is 14.7 Å². The third-order valence-electron chi connectivity index (χ3n) is 4.31. The summed E-state index contributed by atoms with van der Waals surface area (Å²) in [5, 5.41) is 9.29. The van der Waals surface area contributed by atoms with Crippen LogP contribution in [0.1, 0.15) is 31.7 Å². The number of aryl methyl sites for hydroxylation is 1. The van der Waals surface area contributed by atoms with Gasteiger partial charge in [-0.3, -0.25) is 9.59 Å². The van der Waals surface area contributed by atoms with Crippen LogP contribution in [0.4, 0.5) is 5.69 Å². The van der Waals surface area contributed by atoms with E-state index in [1.54, 1.807) is 4.90 Å². The van der Waals surface area contributed by atoms with Gasteiger partial charge in [-0.15, -0.1) is 0 Å². The molecule has 1 atom stereocenters. The largest absolute Gasteiger partial charge is 0.480 e. The minimum Gasteiger partial charge on any atom is -0.480 e. The molecule has 0 saturated heterocycles. The second-order valence-electron chi connectivity index (χ2n) is 5.58. The van der Waals surface area contributed by atoms with Crippen LogP contribution in [0, 0.1) is 5.41 Å². The van der Waals surface area contributed by atoms with Crippen LogP contribution in [-0.4, -0.2) is 23.0 Å². The number of aliphatic carboxylic acids is 1. The molecule has 1 aromatic carbocycles. The number of hydrogen-bond donors (Lipinski definition) is 1. The molecule has 0 spiro atoms. The molecule has 4 nitrogen and oxygen atoms in total. The smallest absolute Gasteiger partial charge is 0.319 e. The molecule has 100 valence electrons. The van der Waals surface area contributed by atoms with Crippen LogP contribution in [0.5, 0.6) is 0 Å². The number of anilines is 1. The number of benzene rings is 1. The molecule has 1 unspecified atom stereocenters. The second-order valence-corrected chi connectivity index (χ2v) is 5.58. The summed E-state index contributed by atoms with van der Waals surface area (Å²) < 4.78 is 0. The fourth-order valence-electron chi connectivity index (χ4n) is 2.87. The summed E-state index contributed by atoms with van der Waals surface area (Å²) in [6, 6.07) is 7.86. The summed E-state index contributed by atoms with van der Waals surface area (Å²) in [5.74, 6) is -1.22. The van der Waals surface area contributed by atoms with E-state index in [4.69, 9.17) is 0 Å². The molecule has 19 heavy (non-hydrogen) atoms. The van der Waals surface area contributed by atoms with E-state index in [-0.39, 0.29) is 11.9 Å². The van der Waals surface area contributed by atoms with E-state index in [0.717, 1.165) is 24.1 Å². The topological polar surface area (TPSA) is 57.6 Å². The lowest BCUT2D eigenvalue weighted by atomic mass is 9.94. The fraction of sp³-hybridized carbons (Fsp3) is 0.467. The predicted molar refractivity (Wildman–Crippen MR) is 71.0 cm³/mol. The molecule has 1 fully saturated rings. The zero-order chi connectivity index (χ0) is 13.6. The Bertz CT molecular complexity index is 548. The molecule has 1 heterocycles. The van der Waals surface area contributed by atoms with Crippen molar-refractivity contribution in [2.75, 3.05) is 4.90 Å². The number of fused-ring (bicyclic) bond motifs is 1. The van der Waals surface area contributed by atoms with Gasteiger partial charge in [0, 0.05) is 11.7 Å². The Morgan fingerprint density at radius 2 is 2.00 bits per heavy atom. The van der Waals surface area contributed by atoms with Crippen molar-refractivity contribution in [1.29, 1.82) is 0 Å². The maximum Gasteiger partial charge on any atom is 0.319 e. The van der Waals surface area contributed by atoms with Crippen molar-refractivity contribution in [3.63, 3.8) is 0 Å². The molecule has 1 aromatic rings. The standard InChI is InChI=1S/C15H17NO3/c1-10-6-7-11-4-2-3-5-12(11)16(10)13(17)15(8-9-15)14(18)19/h2-5,10H,6-9H2,1H3,(H,18,19). The predicted octanol–water partition coefficient (Wildman–Crippen LogP) is 2.22. The quantitative estimate of drug-likeness (QED) is 0.828. The van der Waals surface area contributed by atoms with Gasteiger partial charge in [-0.25, -0.2) is 0 Å². The number of amides is 1. The van der Waals surface area contributed by atoms with E-state index in [0.29, 0.717) is 12.8 Å². The number of rotatable bonds is 2. The Balaban J connectivity index is 2.00. The fourth-order valence-corrected chi connectivity index (χ4v) is 2.87. The van der Waals surface area contributed by atoms with E-state index < -0.39 is 11.4 Å². The highest BCUT2D eigenvalue weighted by Crippen LogP contribution is 2.49. The summed E-state index contributed by atoms with van der Waals surface area (Å²) >= 11 is 0. The van der Waals surface area contributed by atoms with Gasteiger partial charge in [-0.2, -0.15) is 0 Å². The number of carbonyl (C=O) groups is 2. The first kappa shape index (κ1) is 12.2. The molecule has 0 radical (unpaired) electrons. The summed E-state index contributed by atoms with van der Waals surface area (Å²) in [4.78, 5) is 25.7. The van der Waals surface area contributed by atoms with Crippen LogP contribution in [0.25, 0.3) is 0 Å². The number of para-hydroxylation sites is 1. The Labute approximate surface area is 112 Å². The number of hydrogen-bond acceptors (Lipinski definition) is 2. The molecule has 0 aromatic heterocycles. The Morgan fingerprint density at radius 3 is 2.63 bits per heavy atom. The van der Waals surface area contributed by atoms with Gasteiger partial charge in [0.15, 0.2) is 0 Å².